The van der Waals surface area contributed by atoms with Crippen molar-refractivity contribution in [2.75, 3.05) is 5.73 Å². The van der Waals surface area contributed by atoms with E-state index in [0.717, 1.165) is 18.4 Å². The third-order valence-corrected chi connectivity index (χ3v) is 2.79. The van der Waals surface area contributed by atoms with Gasteiger partial charge in [0.05, 0.1) is 5.56 Å². The second kappa shape index (κ2) is 4.91. The van der Waals surface area contributed by atoms with Gasteiger partial charge in [0.25, 0.3) is 0 Å². The van der Waals surface area contributed by atoms with Crippen LogP contribution in [0.1, 0.15) is 29.4 Å². The van der Waals surface area contributed by atoms with Crippen LogP contribution < -0.4 is 5.73 Å². The van der Waals surface area contributed by atoms with Crippen LogP contribution in [0.4, 0.5) is 5.82 Å². The molecule has 0 unspecified atom stereocenters. The van der Waals surface area contributed by atoms with Gasteiger partial charge in [-0.1, -0.05) is 37.6 Å². The highest BCUT2D eigenvalue weighted by Crippen LogP contribution is 2.28. The number of H-pyrrole nitrogens is 1. The van der Waals surface area contributed by atoms with Crippen molar-refractivity contribution in [2.45, 2.75) is 19.8 Å². The van der Waals surface area contributed by atoms with Crippen LogP contribution in [0.2, 0.25) is 0 Å². The molecule has 18 heavy (non-hydrogen) atoms. The summed E-state index contributed by atoms with van der Waals surface area (Å²) in [5.41, 5.74) is 8.16. The van der Waals surface area contributed by atoms with Crippen LogP contribution in [0.25, 0.3) is 11.1 Å². The minimum Gasteiger partial charge on any atom is -0.477 e. The fourth-order valence-electron chi connectivity index (χ4n) is 1.93. The quantitative estimate of drug-likeness (QED) is 0.770. The molecule has 0 aliphatic rings. The van der Waals surface area contributed by atoms with Crippen molar-refractivity contribution in [1.29, 1.82) is 0 Å². The van der Waals surface area contributed by atoms with E-state index >= 15 is 0 Å². The van der Waals surface area contributed by atoms with Crippen LogP contribution in [-0.4, -0.2) is 21.3 Å². The Labute approximate surface area is 105 Å². The number of benzene rings is 1. The van der Waals surface area contributed by atoms with Gasteiger partial charge in [-0.3, -0.25) is 5.10 Å². The molecule has 2 aromatic rings. The standard InChI is InChI=1S/C13H15N3O2/c1-2-3-8-4-6-9(7-5-8)10-11(13(17)18)15-16-12(10)14/h4-7H,2-3H2,1H3,(H,17,18)(H3,14,15,16). The number of nitrogens with zero attached hydrogens (tertiary/aromatic N) is 1. The molecular weight excluding hydrogens is 230 g/mol. The van der Waals surface area contributed by atoms with Crippen LogP contribution in [0, 0.1) is 0 Å². The van der Waals surface area contributed by atoms with Crippen molar-refractivity contribution in [3.63, 3.8) is 0 Å². The van der Waals surface area contributed by atoms with Crippen LogP contribution in [0.5, 0.6) is 0 Å². The van der Waals surface area contributed by atoms with Gasteiger partial charge in [0.2, 0.25) is 0 Å². The summed E-state index contributed by atoms with van der Waals surface area (Å²) in [5.74, 6) is -0.859. The number of nitrogens with two attached hydrogens (primary N) is 1. The molecule has 0 atom stereocenters. The second-order valence-electron chi connectivity index (χ2n) is 4.11. The first-order valence-corrected chi connectivity index (χ1v) is 5.80. The number of nitrogen functional groups attached to an aromatic ring is 1. The number of rotatable bonds is 4. The predicted molar refractivity (Wildman–Crippen MR) is 69.4 cm³/mol. The van der Waals surface area contributed by atoms with E-state index in [1.165, 1.54) is 5.56 Å². The molecule has 0 fully saturated rings. The zero-order valence-corrected chi connectivity index (χ0v) is 10.1. The molecular formula is C13H15N3O2. The maximum Gasteiger partial charge on any atom is 0.354 e. The van der Waals surface area contributed by atoms with Crippen LogP contribution in [0.3, 0.4) is 0 Å². The normalized spacial score (nSPS) is 10.5. The summed E-state index contributed by atoms with van der Waals surface area (Å²) < 4.78 is 0. The summed E-state index contributed by atoms with van der Waals surface area (Å²) in [6.45, 7) is 2.12. The maximum atomic E-state index is 11.1. The van der Waals surface area contributed by atoms with Crippen LogP contribution in [-0.2, 0) is 6.42 Å². The second-order valence-corrected chi connectivity index (χ2v) is 4.11. The molecule has 4 N–H and O–H groups in total. The van der Waals surface area contributed by atoms with Crippen LogP contribution >= 0.6 is 0 Å². The average molecular weight is 245 g/mol. The summed E-state index contributed by atoms with van der Waals surface area (Å²) in [5, 5.41) is 15.2. The molecule has 0 spiro atoms. The lowest BCUT2D eigenvalue weighted by atomic mass is 10.0. The van der Waals surface area contributed by atoms with E-state index in [4.69, 9.17) is 10.8 Å². The van der Waals surface area contributed by atoms with E-state index in [-0.39, 0.29) is 11.5 Å². The zero-order valence-electron chi connectivity index (χ0n) is 10.1. The van der Waals surface area contributed by atoms with Gasteiger partial charge in [-0.05, 0) is 17.5 Å². The molecule has 0 radical (unpaired) electrons. The molecule has 0 aliphatic heterocycles. The van der Waals surface area contributed by atoms with Crippen LogP contribution in [0.15, 0.2) is 24.3 Å². The molecule has 1 aromatic carbocycles. The Balaban J connectivity index is 2.42. The smallest absolute Gasteiger partial charge is 0.354 e. The predicted octanol–water partition coefficient (Wildman–Crippen LogP) is 2.31. The summed E-state index contributed by atoms with van der Waals surface area (Å²) in [7, 11) is 0. The van der Waals surface area contributed by atoms with Crippen molar-refractivity contribution >= 4 is 11.8 Å². The van der Waals surface area contributed by atoms with Gasteiger partial charge < -0.3 is 10.8 Å². The molecule has 0 saturated heterocycles. The number of aryl methyl sites for hydroxylation is 1. The van der Waals surface area contributed by atoms with E-state index in [9.17, 15) is 4.79 Å². The van der Waals surface area contributed by atoms with Crippen molar-refractivity contribution in [1.82, 2.24) is 10.2 Å². The minimum absolute atomic E-state index is 0.0238. The Bertz CT molecular complexity index is 558. The maximum absolute atomic E-state index is 11.1. The molecule has 5 heteroatoms. The summed E-state index contributed by atoms with van der Waals surface area (Å²) in [4.78, 5) is 11.1. The first kappa shape index (κ1) is 12.2. The number of hydrogen-bond acceptors (Lipinski definition) is 3. The largest absolute Gasteiger partial charge is 0.477 e. The summed E-state index contributed by atoms with van der Waals surface area (Å²) >= 11 is 0. The van der Waals surface area contributed by atoms with Crippen molar-refractivity contribution in [3.05, 3.63) is 35.5 Å². The number of nitrogens with one attached hydrogen (secondary N) is 1. The van der Waals surface area contributed by atoms with E-state index in [2.05, 4.69) is 17.1 Å². The first-order chi connectivity index (χ1) is 8.63. The van der Waals surface area contributed by atoms with E-state index < -0.39 is 5.97 Å². The number of carboxylic acids is 1. The molecule has 1 heterocycles. The Kier molecular flexibility index (Phi) is 3.32. The fraction of sp³-hybridized carbons (Fsp3) is 0.231. The fourth-order valence-corrected chi connectivity index (χ4v) is 1.93. The third kappa shape index (κ3) is 2.20. The summed E-state index contributed by atoms with van der Waals surface area (Å²) in [6.07, 6.45) is 2.08. The number of anilines is 1. The number of carbonyl (C=O) groups is 1. The number of aromatic amines is 1. The van der Waals surface area contributed by atoms with E-state index in [1.54, 1.807) is 0 Å². The molecule has 5 nitrogen and oxygen atoms in total. The molecule has 0 aliphatic carbocycles. The van der Waals surface area contributed by atoms with E-state index in [1.807, 2.05) is 24.3 Å². The van der Waals surface area contributed by atoms with Gasteiger partial charge in [0, 0.05) is 0 Å². The third-order valence-electron chi connectivity index (χ3n) is 2.79. The molecule has 0 saturated carbocycles. The lowest BCUT2D eigenvalue weighted by Gasteiger charge is -2.03. The van der Waals surface area contributed by atoms with Crippen molar-refractivity contribution in [2.24, 2.45) is 0 Å². The number of aromatic nitrogens is 2. The van der Waals surface area contributed by atoms with Crippen molar-refractivity contribution < 1.29 is 9.90 Å². The summed E-state index contributed by atoms with van der Waals surface area (Å²) in [6, 6.07) is 7.71. The van der Waals surface area contributed by atoms with Crippen molar-refractivity contribution in [3.8, 4) is 11.1 Å². The number of aromatic carboxylic acids is 1. The lowest BCUT2D eigenvalue weighted by molar-refractivity contribution is 0.0691. The number of carboxylic acid groups (broad SMARTS) is 1. The highest BCUT2D eigenvalue weighted by Gasteiger charge is 2.18. The highest BCUT2D eigenvalue weighted by molar-refractivity contribution is 5.97. The van der Waals surface area contributed by atoms with Gasteiger partial charge in [0.15, 0.2) is 11.5 Å². The van der Waals surface area contributed by atoms with Gasteiger partial charge in [-0.2, -0.15) is 5.10 Å². The minimum atomic E-state index is -1.06. The lowest BCUT2D eigenvalue weighted by Crippen LogP contribution is -1.99. The van der Waals surface area contributed by atoms with Gasteiger partial charge >= 0.3 is 5.97 Å². The SMILES string of the molecule is CCCc1ccc(-c2c(N)n[nH]c2C(=O)O)cc1. The highest BCUT2D eigenvalue weighted by atomic mass is 16.4. The Morgan fingerprint density at radius 1 is 1.39 bits per heavy atom. The topological polar surface area (TPSA) is 92.0 Å². The Morgan fingerprint density at radius 2 is 2.06 bits per heavy atom. The van der Waals surface area contributed by atoms with Gasteiger partial charge in [-0.25, -0.2) is 4.79 Å². The number of hydrogen-bond donors (Lipinski definition) is 3. The molecule has 1 aromatic heterocycles. The molecule has 2 rings (SSSR count). The Morgan fingerprint density at radius 3 is 2.61 bits per heavy atom. The van der Waals surface area contributed by atoms with E-state index in [0.29, 0.717) is 5.56 Å². The Hall–Kier alpha value is -2.30. The molecule has 0 amide bonds. The van der Waals surface area contributed by atoms with Gasteiger partial charge in [-0.15, -0.1) is 0 Å². The zero-order chi connectivity index (χ0) is 13.1. The monoisotopic (exact) mass is 245 g/mol. The van der Waals surface area contributed by atoms with Gasteiger partial charge in [0.1, 0.15) is 0 Å². The average Bonchev–Trinajstić information content (AvgIpc) is 2.73. The molecule has 0 bridgehead atoms. The first-order valence-electron chi connectivity index (χ1n) is 5.80. The molecule has 94 valence electrons.